The van der Waals surface area contributed by atoms with Crippen LogP contribution in [0.4, 0.5) is 5.95 Å². The summed E-state index contributed by atoms with van der Waals surface area (Å²) in [6.45, 7) is 9.60. The predicted molar refractivity (Wildman–Crippen MR) is 78.5 cm³/mol. The molecule has 1 aliphatic rings. The van der Waals surface area contributed by atoms with Gasteiger partial charge in [-0.15, -0.1) is 0 Å². The average molecular weight is 265 g/mol. The molecule has 1 aromatic heterocycles. The Hall–Kier alpha value is -1.03. The summed E-state index contributed by atoms with van der Waals surface area (Å²) < 4.78 is 8.35. The Morgan fingerprint density at radius 3 is 2.84 bits per heavy atom. The number of aromatic nitrogens is 2. The number of imidazole rings is 1. The maximum absolute atomic E-state index is 6.06. The Kier molecular flexibility index (Phi) is 4.50. The van der Waals surface area contributed by atoms with Crippen LogP contribution < -0.4 is 5.32 Å². The van der Waals surface area contributed by atoms with E-state index < -0.39 is 0 Å². The maximum atomic E-state index is 6.06. The molecule has 1 unspecified atom stereocenters. The van der Waals surface area contributed by atoms with E-state index >= 15 is 0 Å². The Labute approximate surface area is 116 Å². The van der Waals surface area contributed by atoms with E-state index in [1.54, 1.807) is 0 Å². The van der Waals surface area contributed by atoms with Crippen molar-refractivity contribution in [3.8, 4) is 0 Å². The molecule has 0 radical (unpaired) electrons. The zero-order chi connectivity index (χ0) is 13.9. The van der Waals surface area contributed by atoms with Crippen molar-refractivity contribution in [3.05, 3.63) is 12.4 Å². The molecule has 0 saturated carbocycles. The summed E-state index contributed by atoms with van der Waals surface area (Å²) in [5.74, 6) is 0.989. The summed E-state index contributed by atoms with van der Waals surface area (Å²) in [6.07, 6.45) is 8.31. The second-order valence-electron chi connectivity index (χ2n) is 5.84. The molecule has 2 rings (SSSR count). The van der Waals surface area contributed by atoms with Gasteiger partial charge in [0.1, 0.15) is 0 Å². The molecule has 2 heterocycles. The van der Waals surface area contributed by atoms with E-state index in [0.29, 0.717) is 12.1 Å². The molecule has 0 spiro atoms. The van der Waals surface area contributed by atoms with Gasteiger partial charge < -0.3 is 14.6 Å². The highest BCUT2D eigenvalue weighted by Crippen LogP contribution is 2.38. The van der Waals surface area contributed by atoms with E-state index in [1.165, 1.54) is 0 Å². The van der Waals surface area contributed by atoms with E-state index in [2.05, 4.69) is 48.8 Å². The molecule has 0 amide bonds. The standard InChI is InChI=1S/C15H27N3O/c1-5-15(6-2)11-13(7-10-19-15)18-9-8-16-14(18)17-12(3)4/h8-9,12-13H,5-7,10-11H2,1-4H3,(H,16,17). The van der Waals surface area contributed by atoms with Gasteiger partial charge >= 0.3 is 0 Å². The van der Waals surface area contributed by atoms with Gasteiger partial charge in [-0.25, -0.2) is 4.98 Å². The fourth-order valence-corrected chi connectivity index (χ4v) is 2.96. The average Bonchev–Trinajstić information content (AvgIpc) is 2.86. The van der Waals surface area contributed by atoms with Crippen molar-refractivity contribution in [2.24, 2.45) is 0 Å². The predicted octanol–water partition coefficient (Wildman–Crippen LogP) is 3.61. The van der Waals surface area contributed by atoms with Gasteiger partial charge in [-0.3, -0.25) is 0 Å². The van der Waals surface area contributed by atoms with Gasteiger partial charge in [-0.1, -0.05) is 13.8 Å². The molecule has 4 nitrogen and oxygen atoms in total. The first kappa shape index (κ1) is 14.4. The Morgan fingerprint density at radius 2 is 2.21 bits per heavy atom. The third-order valence-electron chi connectivity index (χ3n) is 4.24. The third-order valence-corrected chi connectivity index (χ3v) is 4.24. The lowest BCUT2D eigenvalue weighted by atomic mass is 9.86. The van der Waals surface area contributed by atoms with Crippen LogP contribution in [-0.4, -0.2) is 27.8 Å². The van der Waals surface area contributed by atoms with Crippen LogP contribution in [0.2, 0.25) is 0 Å². The molecule has 1 N–H and O–H groups in total. The largest absolute Gasteiger partial charge is 0.375 e. The Bertz CT molecular complexity index is 396. The summed E-state index contributed by atoms with van der Waals surface area (Å²) in [4.78, 5) is 4.44. The smallest absolute Gasteiger partial charge is 0.203 e. The molecule has 1 aliphatic heterocycles. The molecule has 0 aromatic carbocycles. The van der Waals surface area contributed by atoms with Crippen molar-refractivity contribution in [1.29, 1.82) is 0 Å². The van der Waals surface area contributed by atoms with E-state index in [1.807, 2.05) is 6.20 Å². The number of anilines is 1. The Morgan fingerprint density at radius 1 is 1.47 bits per heavy atom. The molecule has 0 aliphatic carbocycles. The van der Waals surface area contributed by atoms with Gasteiger partial charge in [0.2, 0.25) is 5.95 Å². The second-order valence-corrected chi connectivity index (χ2v) is 5.84. The van der Waals surface area contributed by atoms with Crippen molar-refractivity contribution >= 4 is 5.95 Å². The zero-order valence-electron chi connectivity index (χ0n) is 12.6. The quantitative estimate of drug-likeness (QED) is 0.884. The number of nitrogens with one attached hydrogen (secondary N) is 1. The van der Waals surface area contributed by atoms with Crippen molar-refractivity contribution in [3.63, 3.8) is 0 Å². The van der Waals surface area contributed by atoms with E-state index in [4.69, 9.17) is 4.74 Å². The lowest BCUT2D eigenvalue weighted by Crippen LogP contribution is -2.39. The van der Waals surface area contributed by atoms with Crippen molar-refractivity contribution in [2.75, 3.05) is 11.9 Å². The monoisotopic (exact) mass is 265 g/mol. The van der Waals surface area contributed by atoms with Gasteiger partial charge in [-0.2, -0.15) is 0 Å². The fraction of sp³-hybridized carbons (Fsp3) is 0.800. The van der Waals surface area contributed by atoms with Crippen LogP contribution in [0.1, 0.15) is 59.4 Å². The normalized spacial score (nSPS) is 22.7. The van der Waals surface area contributed by atoms with Crippen LogP contribution in [-0.2, 0) is 4.74 Å². The molecule has 1 aromatic rings. The minimum atomic E-state index is 0.0578. The summed E-state index contributed by atoms with van der Waals surface area (Å²) in [5, 5.41) is 3.43. The number of nitrogens with zero attached hydrogens (tertiary/aromatic N) is 2. The fourth-order valence-electron chi connectivity index (χ4n) is 2.96. The van der Waals surface area contributed by atoms with Crippen LogP contribution >= 0.6 is 0 Å². The third kappa shape index (κ3) is 3.11. The van der Waals surface area contributed by atoms with Crippen molar-refractivity contribution in [2.45, 2.75) is 71.1 Å². The maximum Gasteiger partial charge on any atom is 0.203 e. The number of rotatable bonds is 5. The zero-order valence-corrected chi connectivity index (χ0v) is 12.6. The van der Waals surface area contributed by atoms with Crippen LogP contribution in [0.15, 0.2) is 12.4 Å². The second kappa shape index (κ2) is 5.95. The first-order valence-electron chi connectivity index (χ1n) is 7.53. The highest BCUT2D eigenvalue weighted by molar-refractivity contribution is 5.28. The number of hydrogen-bond donors (Lipinski definition) is 1. The minimum Gasteiger partial charge on any atom is -0.375 e. The highest BCUT2D eigenvalue weighted by atomic mass is 16.5. The van der Waals surface area contributed by atoms with Crippen LogP contribution in [0.25, 0.3) is 0 Å². The molecule has 0 bridgehead atoms. The molecule has 1 atom stereocenters. The van der Waals surface area contributed by atoms with Crippen molar-refractivity contribution in [1.82, 2.24) is 9.55 Å². The van der Waals surface area contributed by atoms with Gasteiger partial charge in [0.15, 0.2) is 0 Å². The minimum absolute atomic E-state index is 0.0578. The number of hydrogen-bond acceptors (Lipinski definition) is 3. The molecule has 108 valence electrons. The lowest BCUT2D eigenvalue weighted by Gasteiger charge is -2.40. The SMILES string of the molecule is CCC1(CC)CC(n2ccnc2NC(C)C)CCO1. The number of ether oxygens (including phenoxy) is 1. The van der Waals surface area contributed by atoms with Gasteiger partial charge in [0.05, 0.1) is 5.60 Å². The van der Waals surface area contributed by atoms with Crippen LogP contribution in [0, 0.1) is 0 Å². The molecular formula is C15H27N3O. The summed E-state index contributed by atoms with van der Waals surface area (Å²) in [6, 6.07) is 0.903. The first-order chi connectivity index (χ1) is 9.10. The van der Waals surface area contributed by atoms with Gasteiger partial charge in [0.25, 0.3) is 0 Å². The molecule has 1 fully saturated rings. The van der Waals surface area contributed by atoms with Crippen LogP contribution in [0.3, 0.4) is 0 Å². The molecule has 4 heteroatoms. The summed E-state index contributed by atoms with van der Waals surface area (Å²) >= 11 is 0. The summed E-state index contributed by atoms with van der Waals surface area (Å²) in [5.41, 5.74) is 0.0578. The topological polar surface area (TPSA) is 39.1 Å². The highest BCUT2D eigenvalue weighted by Gasteiger charge is 2.35. The van der Waals surface area contributed by atoms with Gasteiger partial charge in [0, 0.05) is 31.1 Å². The van der Waals surface area contributed by atoms with E-state index in [9.17, 15) is 0 Å². The van der Waals surface area contributed by atoms with E-state index in [-0.39, 0.29) is 5.60 Å². The first-order valence-corrected chi connectivity index (χ1v) is 7.53. The van der Waals surface area contributed by atoms with Crippen molar-refractivity contribution < 1.29 is 4.74 Å². The van der Waals surface area contributed by atoms with Crippen LogP contribution in [0.5, 0.6) is 0 Å². The molecule has 1 saturated heterocycles. The Balaban J connectivity index is 2.15. The molecular weight excluding hydrogens is 238 g/mol. The molecule has 19 heavy (non-hydrogen) atoms. The van der Waals surface area contributed by atoms with E-state index in [0.717, 1.165) is 38.2 Å². The summed E-state index contributed by atoms with van der Waals surface area (Å²) in [7, 11) is 0. The van der Waals surface area contributed by atoms with Gasteiger partial charge in [-0.05, 0) is 39.5 Å². The lowest BCUT2D eigenvalue weighted by molar-refractivity contribution is -0.0984.